The van der Waals surface area contributed by atoms with Crippen molar-refractivity contribution in [3.63, 3.8) is 0 Å². The molecule has 2 aromatic heterocycles. The number of fused-ring (bicyclic) bond motifs is 1. The van der Waals surface area contributed by atoms with E-state index in [1.165, 1.54) is 5.69 Å². The summed E-state index contributed by atoms with van der Waals surface area (Å²) in [5, 5.41) is 1.09. The number of primary amides is 1. The highest BCUT2D eigenvalue weighted by Gasteiger charge is 2.25. The van der Waals surface area contributed by atoms with Gasteiger partial charge in [-0.3, -0.25) is 9.69 Å². The third kappa shape index (κ3) is 4.71. The minimum Gasteiger partial charge on any atom is -0.379 e. The maximum Gasteiger partial charge on any atom is 0.251 e. The smallest absolute Gasteiger partial charge is 0.251 e. The number of rotatable bonds is 9. The van der Waals surface area contributed by atoms with Gasteiger partial charge in [-0.15, -0.1) is 0 Å². The van der Waals surface area contributed by atoms with Crippen LogP contribution >= 0.6 is 0 Å². The Hall–Kier alpha value is -2.70. The van der Waals surface area contributed by atoms with E-state index in [1.54, 1.807) is 0 Å². The van der Waals surface area contributed by atoms with Crippen LogP contribution in [-0.2, 0) is 17.7 Å². The van der Waals surface area contributed by atoms with E-state index >= 15 is 0 Å². The number of unbranched alkanes of at least 4 members (excludes halogenated alkanes) is 1. The number of benzene rings is 1. The fourth-order valence-corrected chi connectivity index (χ4v) is 4.76. The Bertz CT molecular complexity index is 1080. The lowest BCUT2D eigenvalue weighted by atomic mass is 10.0. The number of amides is 1. The van der Waals surface area contributed by atoms with Gasteiger partial charge in [0.05, 0.1) is 30.0 Å². The van der Waals surface area contributed by atoms with Crippen molar-refractivity contribution in [2.75, 3.05) is 32.8 Å². The van der Waals surface area contributed by atoms with Crippen molar-refractivity contribution < 1.29 is 9.53 Å². The second-order valence-corrected chi connectivity index (χ2v) is 8.60. The van der Waals surface area contributed by atoms with Crippen LogP contribution in [0.2, 0.25) is 0 Å². The van der Waals surface area contributed by atoms with Gasteiger partial charge in [0.2, 0.25) is 0 Å². The van der Waals surface area contributed by atoms with Crippen molar-refractivity contribution in [2.45, 2.75) is 46.1 Å². The van der Waals surface area contributed by atoms with Gasteiger partial charge in [0.25, 0.3) is 5.91 Å². The number of carbonyl (C=O) groups excluding carboxylic acids is 1. The standard InChI is InChI=1S/C26H34N4O2/c1-3-4-10-23-25(22-12-11-20-8-5-6-9-21(20)28-22)24(26(27)31)19(2)30(23)14-7-13-29-15-17-32-18-16-29/h5-6,8-9,11-12H,3-4,7,10,13-18H2,1-2H3,(H2,27,31). The molecule has 3 aromatic rings. The molecule has 1 aliphatic heterocycles. The zero-order valence-corrected chi connectivity index (χ0v) is 19.3. The van der Waals surface area contributed by atoms with E-state index in [4.69, 9.17) is 15.5 Å². The summed E-state index contributed by atoms with van der Waals surface area (Å²) in [6.07, 6.45) is 4.09. The van der Waals surface area contributed by atoms with E-state index in [1.807, 2.05) is 31.2 Å². The van der Waals surface area contributed by atoms with Crippen molar-refractivity contribution in [3.05, 3.63) is 53.3 Å². The van der Waals surface area contributed by atoms with Crippen LogP contribution in [0.25, 0.3) is 22.2 Å². The van der Waals surface area contributed by atoms with Gasteiger partial charge in [0.15, 0.2) is 0 Å². The summed E-state index contributed by atoms with van der Waals surface area (Å²) in [6.45, 7) is 9.73. The van der Waals surface area contributed by atoms with Crippen molar-refractivity contribution in [3.8, 4) is 11.3 Å². The molecular formula is C26H34N4O2. The summed E-state index contributed by atoms with van der Waals surface area (Å²) in [7, 11) is 0. The molecular weight excluding hydrogens is 400 g/mol. The number of hydrogen-bond acceptors (Lipinski definition) is 4. The molecule has 0 aliphatic carbocycles. The summed E-state index contributed by atoms with van der Waals surface area (Å²) in [5.74, 6) is -0.378. The first-order valence-electron chi connectivity index (χ1n) is 11.8. The molecule has 1 aromatic carbocycles. The number of pyridine rings is 1. The van der Waals surface area contributed by atoms with Crippen LogP contribution in [0.4, 0.5) is 0 Å². The number of morpholine rings is 1. The van der Waals surface area contributed by atoms with Crippen LogP contribution in [0.15, 0.2) is 36.4 Å². The molecule has 6 nitrogen and oxygen atoms in total. The Morgan fingerprint density at radius 2 is 1.88 bits per heavy atom. The van der Waals surface area contributed by atoms with Gasteiger partial charge >= 0.3 is 0 Å². The van der Waals surface area contributed by atoms with Gasteiger partial charge in [-0.25, -0.2) is 4.98 Å². The molecule has 0 atom stereocenters. The van der Waals surface area contributed by atoms with Gasteiger partial charge in [-0.1, -0.05) is 37.6 Å². The first kappa shape index (κ1) is 22.5. The maximum atomic E-state index is 12.6. The van der Waals surface area contributed by atoms with Crippen molar-refractivity contribution in [1.82, 2.24) is 14.5 Å². The first-order chi connectivity index (χ1) is 15.6. The molecule has 0 unspecified atom stereocenters. The number of carbonyl (C=O) groups is 1. The Balaban J connectivity index is 1.72. The van der Waals surface area contributed by atoms with E-state index in [-0.39, 0.29) is 5.91 Å². The molecule has 32 heavy (non-hydrogen) atoms. The summed E-state index contributed by atoms with van der Waals surface area (Å²) in [4.78, 5) is 20.0. The minimum absolute atomic E-state index is 0.378. The lowest BCUT2D eigenvalue weighted by molar-refractivity contribution is 0.0369. The van der Waals surface area contributed by atoms with E-state index in [2.05, 4.69) is 28.5 Å². The topological polar surface area (TPSA) is 73.4 Å². The fourth-order valence-electron chi connectivity index (χ4n) is 4.76. The zero-order valence-electron chi connectivity index (χ0n) is 19.3. The lowest BCUT2D eigenvalue weighted by Crippen LogP contribution is -2.37. The highest BCUT2D eigenvalue weighted by Crippen LogP contribution is 2.34. The van der Waals surface area contributed by atoms with Gasteiger partial charge in [-0.05, 0) is 38.3 Å². The van der Waals surface area contributed by atoms with Gasteiger partial charge in [0.1, 0.15) is 0 Å². The molecule has 1 amide bonds. The Morgan fingerprint density at radius 3 is 2.62 bits per heavy atom. The van der Waals surface area contributed by atoms with Gasteiger partial charge < -0.3 is 15.0 Å². The summed E-state index contributed by atoms with van der Waals surface area (Å²) in [6, 6.07) is 12.2. The Labute approximate surface area is 190 Å². The van der Waals surface area contributed by atoms with Crippen LogP contribution < -0.4 is 5.73 Å². The summed E-state index contributed by atoms with van der Waals surface area (Å²) >= 11 is 0. The number of para-hydroxylation sites is 1. The third-order valence-corrected chi connectivity index (χ3v) is 6.46. The van der Waals surface area contributed by atoms with E-state index in [0.717, 1.165) is 92.9 Å². The summed E-state index contributed by atoms with van der Waals surface area (Å²) < 4.78 is 7.79. The normalized spacial score (nSPS) is 14.8. The van der Waals surface area contributed by atoms with E-state index in [0.29, 0.717) is 5.56 Å². The quantitative estimate of drug-likeness (QED) is 0.548. The largest absolute Gasteiger partial charge is 0.379 e. The Kier molecular flexibility index (Phi) is 7.22. The van der Waals surface area contributed by atoms with Crippen LogP contribution in [-0.4, -0.2) is 53.2 Å². The van der Waals surface area contributed by atoms with Crippen LogP contribution in [0.5, 0.6) is 0 Å². The van der Waals surface area contributed by atoms with E-state index < -0.39 is 0 Å². The lowest BCUT2D eigenvalue weighted by Gasteiger charge is -2.26. The molecule has 2 N–H and O–H groups in total. The third-order valence-electron chi connectivity index (χ3n) is 6.46. The van der Waals surface area contributed by atoms with Crippen LogP contribution in [0.1, 0.15) is 47.9 Å². The number of hydrogen-bond donors (Lipinski definition) is 1. The predicted molar refractivity (Wildman–Crippen MR) is 129 cm³/mol. The van der Waals surface area contributed by atoms with Crippen molar-refractivity contribution in [1.29, 1.82) is 0 Å². The highest BCUT2D eigenvalue weighted by atomic mass is 16.5. The SMILES string of the molecule is CCCCc1c(-c2ccc3ccccc3n2)c(C(N)=O)c(C)n1CCCN1CCOCC1. The molecule has 0 spiro atoms. The summed E-state index contributed by atoms with van der Waals surface area (Å²) in [5.41, 5.74) is 11.4. The number of nitrogens with two attached hydrogens (primary N) is 1. The second kappa shape index (κ2) is 10.3. The van der Waals surface area contributed by atoms with Crippen molar-refractivity contribution >= 4 is 16.8 Å². The number of nitrogens with zero attached hydrogens (tertiary/aromatic N) is 3. The number of aromatic nitrogens is 2. The molecule has 4 rings (SSSR count). The van der Waals surface area contributed by atoms with E-state index in [9.17, 15) is 4.79 Å². The highest BCUT2D eigenvalue weighted by molar-refractivity contribution is 6.02. The molecule has 1 fully saturated rings. The van der Waals surface area contributed by atoms with Crippen LogP contribution in [0.3, 0.4) is 0 Å². The monoisotopic (exact) mass is 434 g/mol. The van der Waals surface area contributed by atoms with Gasteiger partial charge in [0, 0.05) is 48.5 Å². The molecule has 6 heteroatoms. The molecule has 0 radical (unpaired) electrons. The average molecular weight is 435 g/mol. The fraction of sp³-hybridized carbons (Fsp3) is 0.462. The molecule has 170 valence electrons. The minimum atomic E-state index is -0.378. The molecule has 0 bridgehead atoms. The van der Waals surface area contributed by atoms with Crippen LogP contribution in [0, 0.1) is 6.92 Å². The van der Waals surface area contributed by atoms with Crippen molar-refractivity contribution in [2.24, 2.45) is 5.73 Å². The average Bonchev–Trinajstić information content (AvgIpc) is 3.09. The maximum absolute atomic E-state index is 12.6. The predicted octanol–water partition coefficient (Wildman–Crippen LogP) is 4.18. The zero-order chi connectivity index (χ0) is 22.5. The second-order valence-electron chi connectivity index (χ2n) is 8.60. The molecule has 1 aliphatic rings. The number of ether oxygens (including phenoxy) is 1. The molecule has 3 heterocycles. The first-order valence-corrected chi connectivity index (χ1v) is 11.8. The molecule has 0 saturated carbocycles. The molecule has 1 saturated heterocycles. The van der Waals surface area contributed by atoms with Gasteiger partial charge in [-0.2, -0.15) is 0 Å². The Morgan fingerprint density at radius 1 is 1.09 bits per heavy atom.